The smallest absolute Gasteiger partial charge is 0.0425 e. The fourth-order valence-electron chi connectivity index (χ4n) is 5.52. The van der Waals surface area contributed by atoms with Gasteiger partial charge in [0, 0.05) is 11.6 Å². The average molecular weight is 296 g/mol. The van der Waals surface area contributed by atoms with Crippen molar-refractivity contribution >= 4 is 0 Å². The molecule has 3 atom stereocenters. The standard InChI is InChI=1S/C18H37N3/c1-4-15-11-7-8-12-16(15)17(20-19)18(13-9-10-14-18)21(5-2)6-3/h15-17,20H,4-14,19H2,1-3H3. The van der Waals surface area contributed by atoms with E-state index in [4.69, 9.17) is 5.84 Å². The molecule has 0 aromatic carbocycles. The lowest BCUT2D eigenvalue weighted by Gasteiger charge is -2.51. The molecule has 2 rings (SSSR count). The van der Waals surface area contributed by atoms with E-state index in [0.29, 0.717) is 11.6 Å². The van der Waals surface area contributed by atoms with E-state index < -0.39 is 0 Å². The predicted molar refractivity (Wildman–Crippen MR) is 91.0 cm³/mol. The second kappa shape index (κ2) is 7.94. The highest BCUT2D eigenvalue weighted by Crippen LogP contribution is 2.45. The van der Waals surface area contributed by atoms with Crippen LogP contribution in [0.5, 0.6) is 0 Å². The molecule has 2 saturated carbocycles. The molecule has 3 heteroatoms. The Hall–Kier alpha value is -0.120. The Labute approximate surface area is 132 Å². The highest BCUT2D eigenvalue weighted by molar-refractivity contribution is 5.06. The van der Waals surface area contributed by atoms with Gasteiger partial charge in [0.15, 0.2) is 0 Å². The van der Waals surface area contributed by atoms with Gasteiger partial charge in [-0.2, -0.15) is 0 Å². The highest BCUT2D eigenvalue weighted by Gasteiger charge is 2.49. The summed E-state index contributed by atoms with van der Waals surface area (Å²) in [5.41, 5.74) is 3.64. The molecule has 3 nitrogen and oxygen atoms in total. The molecule has 0 amide bonds. The van der Waals surface area contributed by atoms with Crippen LogP contribution in [0, 0.1) is 11.8 Å². The maximum absolute atomic E-state index is 6.16. The highest BCUT2D eigenvalue weighted by atomic mass is 15.3. The van der Waals surface area contributed by atoms with Gasteiger partial charge in [-0.25, -0.2) is 0 Å². The molecule has 0 saturated heterocycles. The number of nitrogens with one attached hydrogen (secondary N) is 1. The molecular weight excluding hydrogens is 258 g/mol. The molecule has 3 N–H and O–H groups in total. The van der Waals surface area contributed by atoms with Crippen LogP contribution < -0.4 is 11.3 Å². The Bertz CT molecular complexity index is 295. The molecule has 0 aromatic heterocycles. The van der Waals surface area contributed by atoms with Crippen LogP contribution in [0.25, 0.3) is 0 Å². The van der Waals surface area contributed by atoms with Gasteiger partial charge in [0.2, 0.25) is 0 Å². The number of hydrogen-bond acceptors (Lipinski definition) is 3. The van der Waals surface area contributed by atoms with E-state index in [1.165, 1.54) is 57.8 Å². The van der Waals surface area contributed by atoms with Crippen molar-refractivity contribution in [3.05, 3.63) is 0 Å². The van der Waals surface area contributed by atoms with Crippen LogP contribution in [0.2, 0.25) is 0 Å². The monoisotopic (exact) mass is 295 g/mol. The first-order valence-electron chi connectivity index (χ1n) is 9.44. The van der Waals surface area contributed by atoms with E-state index in [9.17, 15) is 0 Å². The summed E-state index contributed by atoms with van der Waals surface area (Å²) in [6, 6.07) is 0.477. The number of nitrogens with zero attached hydrogens (tertiary/aromatic N) is 1. The Morgan fingerprint density at radius 3 is 2.19 bits per heavy atom. The summed E-state index contributed by atoms with van der Waals surface area (Å²) >= 11 is 0. The van der Waals surface area contributed by atoms with Gasteiger partial charge in [-0.15, -0.1) is 0 Å². The van der Waals surface area contributed by atoms with Crippen molar-refractivity contribution in [2.45, 2.75) is 90.1 Å². The van der Waals surface area contributed by atoms with Crippen molar-refractivity contribution in [3.63, 3.8) is 0 Å². The molecule has 0 radical (unpaired) electrons. The largest absolute Gasteiger partial charge is 0.297 e. The topological polar surface area (TPSA) is 41.3 Å². The number of hydrazine groups is 1. The van der Waals surface area contributed by atoms with Crippen LogP contribution in [0.4, 0.5) is 0 Å². The third-order valence-electron chi connectivity index (χ3n) is 6.54. The molecule has 124 valence electrons. The van der Waals surface area contributed by atoms with Crippen molar-refractivity contribution in [1.82, 2.24) is 10.3 Å². The number of rotatable bonds is 7. The van der Waals surface area contributed by atoms with E-state index in [2.05, 4.69) is 31.1 Å². The van der Waals surface area contributed by atoms with Gasteiger partial charge in [0.1, 0.15) is 0 Å². The van der Waals surface area contributed by atoms with Crippen LogP contribution in [0.3, 0.4) is 0 Å². The second-order valence-electron chi connectivity index (χ2n) is 7.24. The van der Waals surface area contributed by atoms with Crippen molar-refractivity contribution in [2.24, 2.45) is 17.7 Å². The third kappa shape index (κ3) is 3.30. The Kier molecular flexibility index (Phi) is 6.51. The number of likely N-dealkylation sites (N-methyl/N-ethyl adjacent to an activating group) is 1. The lowest BCUT2D eigenvalue weighted by molar-refractivity contribution is 0.0129. The van der Waals surface area contributed by atoms with Crippen LogP contribution in [-0.2, 0) is 0 Å². The van der Waals surface area contributed by atoms with E-state index >= 15 is 0 Å². The quantitative estimate of drug-likeness (QED) is 0.556. The maximum Gasteiger partial charge on any atom is 0.0425 e. The van der Waals surface area contributed by atoms with Gasteiger partial charge in [0.05, 0.1) is 0 Å². The lowest BCUT2D eigenvalue weighted by Crippen LogP contribution is -2.65. The van der Waals surface area contributed by atoms with Gasteiger partial charge in [-0.1, -0.05) is 59.3 Å². The zero-order valence-corrected chi connectivity index (χ0v) is 14.5. The molecular formula is C18H37N3. The minimum absolute atomic E-state index is 0.313. The first kappa shape index (κ1) is 17.2. The Balaban J connectivity index is 2.26. The van der Waals surface area contributed by atoms with Crippen molar-refractivity contribution in [3.8, 4) is 0 Å². The average Bonchev–Trinajstić information content (AvgIpc) is 3.00. The first-order valence-corrected chi connectivity index (χ1v) is 9.44. The Morgan fingerprint density at radius 2 is 1.67 bits per heavy atom. The summed E-state index contributed by atoms with van der Waals surface area (Å²) in [7, 11) is 0. The van der Waals surface area contributed by atoms with Gasteiger partial charge < -0.3 is 0 Å². The summed E-state index contributed by atoms with van der Waals surface area (Å²) < 4.78 is 0. The second-order valence-corrected chi connectivity index (χ2v) is 7.24. The third-order valence-corrected chi connectivity index (χ3v) is 6.54. The van der Waals surface area contributed by atoms with Gasteiger partial charge in [-0.3, -0.25) is 16.2 Å². The van der Waals surface area contributed by atoms with E-state index in [-0.39, 0.29) is 0 Å². The van der Waals surface area contributed by atoms with Crippen LogP contribution in [0.15, 0.2) is 0 Å². The fraction of sp³-hybridized carbons (Fsp3) is 1.00. The van der Waals surface area contributed by atoms with Gasteiger partial charge in [0.25, 0.3) is 0 Å². The molecule has 0 bridgehead atoms. The summed E-state index contributed by atoms with van der Waals surface area (Å²) in [6.45, 7) is 9.30. The summed E-state index contributed by atoms with van der Waals surface area (Å²) in [6.07, 6.45) is 12.3. The van der Waals surface area contributed by atoms with E-state index in [1.54, 1.807) is 0 Å². The van der Waals surface area contributed by atoms with Crippen LogP contribution in [-0.4, -0.2) is 29.6 Å². The normalized spacial score (nSPS) is 30.7. The minimum atomic E-state index is 0.313. The zero-order valence-electron chi connectivity index (χ0n) is 14.5. The van der Waals surface area contributed by atoms with Crippen LogP contribution in [0.1, 0.15) is 78.6 Å². The molecule has 0 aromatic rings. The van der Waals surface area contributed by atoms with Crippen molar-refractivity contribution in [2.75, 3.05) is 13.1 Å². The van der Waals surface area contributed by atoms with E-state index in [1.807, 2.05) is 0 Å². The molecule has 0 aliphatic heterocycles. The number of nitrogens with two attached hydrogens (primary N) is 1. The molecule has 21 heavy (non-hydrogen) atoms. The maximum atomic E-state index is 6.16. The first-order chi connectivity index (χ1) is 10.2. The zero-order chi connectivity index (χ0) is 15.3. The predicted octanol–water partition coefficient (Wildman–Crippen LogP) is 3.69. The minimum Gasteiger partial charge on any atom is -0.297 e. The number of hydrogen-bond donors (Lipinski definition) is 2. The summed E-state index contributed by atoms with van der Waals surface area (Å²) in [5.74, 6) is 7.80. The van der Waals surface area contributed by atoms with Crippen molar-refractivity contribution in [1.29, 1.82) is 0 Å². The van der Waals surface area contributed by atoms with Gasteiger partial charge in [-0.05, 0) is 44.2 Å². The molecule has 0 spiro atoms. The van der Waals surface area contributed by atoms with Crippen molar-refractivity contribution < 1.29 is 0 Å². The SMILES string of the molecule is CCC1CCCCC1C(NN)C1(N(CC)CC)CCCC1. The van der Waals surface area contributed by atoms with E-state index in [0.717, 1.165) is 24.9 Å². The molecule has 2 fully saturated rings. The lowest BCUT2D eigenvalue weighted by atomic mass is 9.67. The Morgan fingerprint density at radius 1 is 1.05 bits per heavy atom. The molecule has 0 heterocycles. The van der Waals surface area contributed by atoms with Gasteiger partial charge >= 0.3 is 0 Å². The molecule has 3 unspecified atom stereocenters. The summed E-state index contributed by atoms with van der Waals surface area (Å²) in [4.78, 5) is 2.71. The van der Waals surface area contributed by atoms with Crippen LogP contribution >= 0.6 is 0 Å². The molecule has 2 aliphatic carbocycles. The summed E-state index contributed by atoms with van der Waals surface area (Å²) in [5, 5.41) is 0. The fourth-order valence-corrected chi connectivity index (χ4v) is 5.52. The molecule has 2 aliphatic rings.